The van der Waals surface area contributed by atoms with E-state index in [1.54, 1.807) is 7.11 Å². The van der Waals surface area contributed by atoms with Gasteiger partial charge in [-0.05, 0) is 36.4 Å². The van der Waals surface area contributed by atoms with Crippen molar-refractivity contribution in [3.63, 3.8) is 0 Å². The lowest BCUT2D eigenvalue weighted by Gasteiger charge is -2.09. The molecule has 0 spiro atoms. The average Bonchev–Trinajstić information content (AvgIpc) is 2.60. The molecule has 2 aromatic rings. The molecule has 122 valence electrons. The molecule has 0 aliphatic heterocycles. The maximum Gasteiger partial charge on any atom is 0.221 e. The van der Waals surface area contributed by atoms with Crippen LogP contribution >= 0.6 is 0 Å². The van der Waals surface area contributed by atoms with Crippen molar-refractivity contribution in [2.45, 2.75) is 6.42 Å². The molecule has 0 bridgehead atoms. The van der Waals surface area contributed by atoms with Crippen LogP contribution in [-0.4, -0.2) is 32.7 Å². The van der Waals surface area contributed by atoms with Gasteiger partial charge in [-0.3, -0.25) is 4.79 Å². The minimum Gasteiger partial charge on any atom is -0.497 e. The highest BCUT2D eigenvalue weighted by Crippen LogP contribution is 2.16. The summed E-state index contributed by atoms with van der Waals surface area (Å²) < 4.78 is 10.6. The Bertz CT molecular complexity index is 585. The Hall–Kier alpha value is -2.69. The molecular formula is C18H22N2O3. The number of carbonyl (C=O) groups excluding carboxylic acids is 1. The van der Waals surface area contributed by atoms with E-state index in [0.717, 1.165) is 17.2 Å². The van der Waals surface area contributed by atoms with Gasteiger partial charge < -0.3 is 20.1 Å². The quantitative estimate of drug-likeness (QED) is 0.699. The van der Waals surface area contributed by atoms with Crippen LogP contribution in [0.25, 0.3) is 0 Å². The number of rotatable bonds is 9. The van der Waals surface area contributed by atoms with Crippen molar-refractivity contribution in [2.24, 2.45) is 0 Å². The fraction of sp³-hybridized carbons (Fsp3) is 0.278. The lowest BCUT2D eigenvalue weighted by molar-refractivity contribution is -0.120. The number of methoxy groups -OCH3 is 1. The van der Waals surface area contributed by atoms with E-state index >= 15 is 0 Å². The first-order chi connectivity index (χ1) is 11.3. The van der Waals surface area contributed by atoms with Crippen LogP contribution in [0.5, 0.6) is 11.5 Å². The van der Waals surface area contributed by atoms with Crippen molar-refractivity contribution in [3.8, 4) is 11.5 Å². The smallest absolute Gasteiger partial charge is 0.221 e. The van der Waals surface area contributed by atoms with E-state index in [0.29, 0.717) is 26.1 Å². The van der Waals surface area contributed by atoms with Crippen molar-refractivity contribution < 1.29 is 14.3 Å². The number of nitrogens with one attached hydrogen (secondary N) is 2. The standard InChI is InChI=1S/C18H22N2O3/c1-22-16-7-9-17(10-8-16)23-14-13-20-18(21)11-12-19-15-5-3-2-4-6-15/h2-10,19H,11-14H2,1H3,(H,20,21). The Labute approximate surface area is 136 Å². The zero-order chi connectivity index (χ0) is 16.3. The summed E-state index contributed by atoms with van der Waals surface area (Å²) in [5.41, 5.74) is 1.02. The van der Waals surface area contributed by atoms with E-state index in [4.69, 9.17) is 9.47 Å². The Balaban J connectivity index is 1.55. The number of ether oxygens (including phenoxy) is 2. The first-order valence-corrected chi connectivity index (χ1v) is 7.60. The molecule has 0 fully saturated rings. The number of anilines is 1. The highest BCUT2D eigenvalue weighted by Gasteiger charge is 2.01. The van der Waals surface area contributed by atoms with Gasteiger partial charge in [0.15, 0.2) is 0 Å². The van der Waals surface area contributed by atoms with Crippen molar-refractivity contribution in [3.05, 3.63) is 54.6 Å². The lowest BCUT2D eigenvalue weighted by Crippen LogP contribution is -2.29. The minimum atomic E-state index is 0.00626. The van der Waals surface area contributed by atoms with Gasteiger partial charge in [-0.2, -0.15) is 0 Å². The molecular weight excluding hydrogens is 292 g/mol. The second-order valence-corrected chi connectivity index (χ2v) is 4.92. The number of amides is 1. The molecule has 5 nitrogen and oxygen atoms in total. The second-order valence-electron chi connectivity index (χ2n) is 4.92. The molecule has 2 aromatic carbocycles. The fourth-order valence-electron chi connectivity index (χ4n) is 2.00. The number of hydrogen-bond donors (Lipinski definition) is 2. The molecule has 0 aliphatic rings. The predicted octanol–water partition coefficient (Wildman–Crippen LogP) is 2.69. The lowest BCUT2D eigenvalue weighted by atomic mass is 10.3. The number of hydrogen-bond acceptors (Lipinski definition) is 4. The Morgan fingerprint density at radius 2 is 1.65 bits per heavy atom. The normalized spacial score (nSPS) is 9.96. The van der Waals surface area contributed by atoms with Crippen molar-refractivity contribution in [1.82, 2.24) is 5.32 Å². The average molecular weight is 314 g/mol. The molecule has 0 aromatic heterocycles. The summed E-state index contributed by atoms with van der Waals surface area (Å²) in [4.78, 5) is 11.7. The van der Waals surface area contributed by atoms with Crippen LogP contribution in [0.3, 0.4) is 0 Å². The van der Waals surface area contributed by atoms with Crippen LogP contribution in [0.2, 0.25) is 0 Å². The van der Waals surface area contributed by atoms with Gasteiger partial charge in [0.05, 0.1) is 13.7 Å². The molecule has 2 rings (SSSR count). The molecule has 0 heterocycles. The summed E-state index contributed by atoms with van der Waals surface area (Å²) in [5, 5.41) is 6.03. The Morgan fingerprint density at radius 1 is 0.957 bits per heavy atom. The summed E-state index contributed by atoms with van der Waals surface area (Å²) in [6.45, 7) is 1.52. The highest BCUT2D eigenvalue weighted by atomic mass is 16.5. The van der Waals surface area contributed by atoms with Crippen LogP contribution in [0.4, 0.5) is 5.69 Å². The van der Waals surface area contributed by atoms with Crippen molar-refractivity contribution in [1.29, 1.82) is 0 Å². The van der Waals surface area contributed by atoms with E-state index < -0.39 is 0 Å². The summed E-state index contributed by atoms with van der Waals surface area (Å²) in [6.07, 6.45) is 0.428. The molecule has 2 N–H and O–H groups in total. The second kappa shape index (κ2) is 9.35. The summed E-state index contributed by atoms with van der Waals surface area (Å²) in [6, 6.07) is 17.2. The zero-order valence-electron chi connectivity index (χ0n) is 13.2. The third-order valence-electron chi connectivity index (χ3n) is 3.21. The molecule has 5 heteroatoms. The molecule has 0 radical (unpaired) electrons. The molecule has 1 amide bonds. The molecule has 0 unspecified atom stereocenters. The molecule has 0 atom stereocenters. The van der Waals surface area contributed by atoms with Crippen LogP contribution in [0.1, 0.15) is 6.42 Å². The highest BCUT2D eigenvalue weighted by molar-refractivity contribution is 5.76. The largest absolute Gasteiger partial charge is 0.497 e. The van der Waals surface area contributed by atoms with E-state index in [1.807, 2.05) is 54.6 Å². The topological polar surface area (TPSA) is 59.6 Å². The third-order valence-corrected chi connectivity index (χ3v) is 3.21. The fourth-order valence-corrected chi connectivity index (χ4v) is 2.00. The molecule has 0 saturated carbocycles. The van der Waals surface area contributed by atoms with Crippen LogP contribution in [0.15, 0.2) is 54.6 Å². The van der Waals surface area contributed by atoms with Gasteiger partial charge in [0.1, 0.15) is 18.1 Å². The SMILES string of the molecule is COc1ccc(OCCNC(=O)CCNc2ccccc2)cc1. The Kier molecular flexibility index (Phi) is 6.78. The van der Waals surface area contributed by atoms with Gasteiger partial charge in [-0.1, -0.05) is 18.2 Å². The number of carbonyl (C=O) groups is 1. The summed E-state index contributed by atoms with van der Waals surface area (Å²) >= 11 is 0. The van der Waals surface area contributed by atoms with E-state index in [9.17, 15) is 4.79 Å². The first-order valence-electron chi connectivity index (χ1n) is 7.60. The van der Waals surface area contributed by atoms with Gasteiger partial charge in [-0.25, -0.2) is 0 Å². The van der Waals surface area contributed by atoms with E-state index in [-0.39, 0.29) is 5.91 Å². The van der Waals surface area contributed by atoms with Gasteiger partial charge in [-0.15, -0.1) is 0 Å². The predicted molar refractivity (Wildman–Crippen MR) is 91.0 cm³/mol. The molecule has 0 aliphatic carbocycles. The minimum absolute atomic E-state index is 0.00626. The Morgan fingerprint density at radius 3 is 2.35 bits per heavy atom. The molecule has 23 heavy (non-hydrogen) atoms. The maximum atomic E-state index is 11.7. The first kappa shape index (κ1) is 16.7. The van der Waals surface area contributed by atoms with Gasteiger partial charge in [0.25, 0.3) is 0 Å². The van der Waals surface area contributed by atoms with Gasteiger partial charge in [0.2, 0.25) is 5.91 Å². The van der Waals surface area contributed by atoms with E-state index in [2.05, 4.69) is 10.6 Å². The maximum absolute atomic E-state index is 11.7. The van der Waals surface area contributed by atoms with Crippen LogP contribution in [0, 0.1) is 0 Å². The van der Waals surface area contributed by atoms with Crippen molar-refractivity contribution in [2.75, 3.05) is 32.1 Å². The summed E-state index contributed by atoms with van der Waals surface area (Å²) in [7, 11) is 1.62. The zero-order valence-corrected chi connectivity index (χ0v) is 13.2. The van der Waals surface area contributed by atoms with Gasteiger partial charge >= 0.3 is 0 Å². The van der Waals surface area contributed by atoms with E-state index in [1.165, 1.54) is 0 Å². The van der Waals surface area contributed by atoms with Crippen molar-refractivity contribution >= 4 is 11.6 Å². The third kappa shape index (κ3) is 6.30. The van der Waals surface area contributed by atoms with Crippen LogP contribution in [-0.2, 0) is 4.79 Å². The van der Waals surface area contributed by atoms with Gasteiger partial charge in [0, 0.05) is 18.7 Å². The number of benzene rings is 2. The van der Waals surface area contributed by atoms with Crippen LogP contribution < -0.4 is 20.1 Å². The number of para-hydroxylation sites is 1. The molecule has 0 saturated heterocycles. The monoisotopic (exact) mass is 314 g/mol. The summed E-state index contributed by atoms with van der Waals surface area (Å²) in [5.74, 6) is 1.55.